The maximum Gasteiger partial charge on any atom is 0.232 e. The Morgan fingerprint density at radius 3 is 2.45 bits per heavy atom. The van der Waals surface area contributed by atoms with Crippen LogP contribution < -0.4 is 11.1 Å². The van der Waals surface area contributed by atoms with Crippen LogP contribution in [0.5, 0.6) is 0 Å². The van der Waals surface area contributed by atoms with E-state index in [4.69, 9.17) is 5.73 Å². The molecular formula is C20H15N9. The molecule has 0 bridgehead atoms. The first-order valence-corrected chi connectivity index (χ1v) is 8.65. The van der Waals surface area contributed by atoms with Crippen LogP contribution in [0.1, 0.15) is 11.5 Å². The summed E-state index contributed by atoms with van der Waals surface area (Å²) >= 11 is 0. The van der Waals surface area contributed by atoms with Crippen LogP contribution in [0.25, 0.3) is 17.3 Å². The summed E-state index contributed by atoms with van der Waals surface area (Å²) in [6.07, 6.45) is 3.10. The second-order valence-corrected chi connectivity index (χ2v) is 5.90. The van der Waals surface area contributed by atoms with Crippen molar-refractivity contribution in [3.63, 3.8) is 0 Å². The van der Waals surface area contributed by atoms with Crippen LogP contribution in [0.15, 0.2) is 66.9 Å². The summed E-state index contributed by atoms with van der Waals surface area (Å²) in [7, 11) is 0. The van der Waals surface area contributed by atoms with Crippen molar-refractivity contribution in [2.75, 3.05) is 11.1 Å². The van der Waals surface area contributed by atoms with E-state index >= 15 is 0 Å². The van der Waals surface area contributed by atoms with E-state index in [1.807, 2.05) is 60.7 Å². The van der Waals surface area contributed by atoms with E-state index in [-0.39, 0.29) is 23.3 Å². The van der Waals surface area contributed by atoms with E-state index < -0.39 is 0 Å². The predicted molar refractivity (Wildman–Crippen MR) is 109 cm³/mol. The van der Waals surface area contributed by atoms with Gasteiger partial charge in [0.25, 0.3) is 0 Å². The van der Waals surface area contributed by atoms with Gasteiger partial charge in [-0.05, 0) is 30.3 Å². The summed E-state index contributed by atoms with van der Waals surface area (Å²) in [5.74, 6) is 0.392. The van der Waals surface area contributed by atoms with Gasteiger partial charge in [0.15, 0.2) is 5.82 Å². The molecule has 4 aromatic rings. The number of hydrogen-bond acceptors (Lipinski definition) is 8. The van der Waals surface area contributed by atoms with Crippen LogP contribution in [0, 0.1) is 11.3 Å². The lowest BCUT2D eigenvalue weighted by atomic mass is 10.2. The van der Waals surface area contributed by atoms with Crippen molar-refractivity contribution in [2.45, 2.75) is 0 Å². The van der Waals surface area contributed by atoms with Crippen LogP contribution in [0.4, 0.5) is 17.6 Å². The molecule has 0 radical (unpaired) electrons. The standard InChI is InChI=1S/C20H15N9/c21-12-14(11-16-13-23-29(28-16)17-9-5-2-6-10-17)18-25-19(22)27-20(26-18)24-15-7-3-1-4-8-15/h1-11,13H,(H3,22,24,25,26,27). The highest BCUT2D eigenvalue weighted by Crippen LogP contribution is 2.18. The van der Waals surface area contributed by atoms with Gasteiger partial charge < -0.3 is 11.1 Å². The topological polar surface area (TPSA) is 131 Å². The maximum absolute atomic E-state index is 9.60. The fourth-order valence-electron chi connectivity index (χ4n) is 2.54. The van der Waals surface area contributed by atoms with Crippen molar-refractivity contribution in [2.24, 2.45) is 0 Å². The number of allylic oxidation sites excluding steroid dienone is 1. The minimum absolute atomic E-state index is 0.00233. The van der Waals surface area contributed by atoms with Crippen molar-refractivity contribution < 1.29 is 0 Å². The fourth-order valence-corrected chi connectivity index (χ4v) is 2.54. The van der Waals surface area contributed by atoms with Gasteiger partial charge >= 0.3 is 0 Å². The number of hydrogen-bond donors (Lipinski definition) is 2. The van der Waals surface area contributed by atoms with E-state index in [0.717, 1.165) is 11.4 Å². The summed E-state index contributed by atoms with van der Waals surface area (Å²) in [5.41, 5.74) is 8.09. The van der Waals surface area contributed by atoms with Gasteiger partial charge in [0.1, 0.15) is 11.8 Å². The molecule has 140 valence electrons. The maximum atomic E-state index is 9.60. The van der Waals surface area contributed by atoms with Gasteiger partial charge in [0.2, 0.25) is 11.9 Å². The largest absolute Gasteiger partial charge is 0.368 e. The number of nitrogens with two attached hydrogens (primary N) is 1. The number of nitrogen functional groups attached to an aromatic ring is 1. The van der Waals surface area contributed by atoms with Crippen LogP contribution in [-0.4, -0.2) is 29.9 Å². The van der Waals surface area contributed by atoms with Gasteiger partial charge in [-0.25, -0.2) is 0 Å². The molecule has 0 aliphatic carbocycles. The Bertz CT molecular complexity index is 1190. The molecule has 2 aromatic carbocycles. The minimum atomic E-state index is 0.00233. The number of benzene rings is 2. The molecule has 29 heavy (non-hydrogen) atoms. The molecule has 0 fully saturated rings. The van der Waals surface area contributed by atoms with Crippen molar-refractivity contribution in [1.82, 2.24) is 29.9 Å². The van der Waals surface area contributed by atoms with E-state index in [0.29, 0.717) is 5.69 Å². The molecule has 2 aromatic heterocycles. The third-order valence-corrected chi connectivity index (χ3v) is 3.83. The third kappa shape index (κ3) is 4.23. The van der Waals surface area contributed by atoms with Crippen LogP contribution in [0.3, 0.4) is 0 Å². The second-order valence-electron chi connectivity index (χ2n) is 5.90. The number of nitrogens with zero attached hydrogens (tertiary/aromatic N) is 7. The number of anilines is 3. The van der Waals surface area contributed by atoms with Gasteiger partial charge in [-0.2, -0.15) is 30.1 Å². The molecule has 0 aliphatic rings. The number of rotatable bonds is 5. The van der Waals surface area contributed by atoms with E-state index in [2.05, 4.69) is 36.5 Å². The smallest absolute Gasteiger partial charge is 0.232 e. The zero-order chi connectivity index (χ0) is 20.1. The fraction of sp³-hybridized carbons (Fsp3) is 0. The summed E-state index contributed by atoms with van der Waals surface area (Å²) in [6, 6.07) is 20.9. The second kappa shape index (κ2) is 7.98. The van der Waals surface area contributed by atoms with Crippen LogP contribution in [-0.2, 0) is 0 Å². The summed E-state index contributed by atoms with van der Waals surface area (Å²) in [6.45, 7) is 0. The lowest BCUT2D eigenvalue weighted by molar-refractivity contribution is 0.750. The molecule has 9 nitrogen and oxygen atoms in total. The molecule has 0 aliphatic heterocycles. The highest BCUT2D eigenvalue weighted by molar-refractivity contribution is 5.86. The number of para-hydroxylation sites is 2. The highest BCUT2D eigenvalue weighted by Gasteiger charge is 2.11. The number of nitriles is 1. The predicted octanol–water partition coefficient (Wildman–Crippen LogP) is 2.84. The Morgan fingerprint density at radius 1 is 1.00 bits per heavy atom. The molecular weight excluding hydrogens is 366 g/mol. The molecule has 0 atom stereocenters. The molecule has 9 heteroatoms. The van der Waals surface area contributed by atoms with Crippen molar-refractivity contribution in [3.05, 3.63) is 78.4 Å². The third-order valence-electron chi connectivity index (χ3n) is 3.83. The van der Waals surface area contributed by atoms with Crippen molar-refractivity contribution in [3.8, 4) is 11.8 Å². The Labute approximate surface area is 166 Å². The average Bonchev–Trinajstić information content (AvgIpc) is 3.22. The van der Waals surface area contributed by atoms with Gasteiger partial charge in [-0.1, -0.05) is 36.4 Å². The molecule has 2 heterocycles. The Hall–Kier alpha value is -4.58. The van der Waals surface area contributed by atoms with E-state index in [9.17, 15) is 5.26 Å². The SMILES string of the molecule is N#CC(=Cc1cnn(-c2ccccc2)n1)c1nc(N)nc(Nc2ccccc2)n1. The molecule has 0 saturated heterocycles. The molecule has 0 saturated carbocycles. The quantitative estimate of drug-likeness (QED) is 0.505. The molecule has 0 amide bonds. The first-order valence-electron chi connectivity index (χ1n) is 8.65. The van der Waals surface area contributed by atoms with Gasteiger partial charge in [0.05, 0.1) is 17.5 Å². The van der Waals surface area contributed by atoms with Gasteiger partial charge in [-0.3, -0.25) is 0 Å². The molecule has 0 unspecified atom stereocenters. The Kier molecular flexibility index (Phi) is 4.90. The van der Waals surface area contributed by atoms with E-state index in [1.165, 1.54) is 4.80 Å². The molecule has 4 rings (SSSR count). The Morgan fingerprint density at radius 2 is 1.72 bits per heavy atom. The van der Waals surface area contributed by atoms with Crippen LogP contribution in [0.2, 0.25) is 0 Å². The monoisotopic (exact) mass is 381 g/mol. The van der Waals surface area contributed by atoms with Gasteiger partial charge in [0, 0.05) is 5.69 Å². The number of nitrogens with one attached hydrogen (secondary N) is 1. The first-order chi connectivity index (χ1) is 14.2. The summed E-state index contributed by atoms with van der Waals surface area (Å²) in [5, 5.41) is 21.2. The summed E-state index contributed by atoms with van der Waals surface area (Å²) in [4.78, 5) is 13.9. The lowest BCUT2D eigenvalue weighted by Crippen LogP contribution is -2.06. The van der Waals surface area contributed by atoms with Gasteiger partial charge in [-0.15, -0.1) is 5.10 Å². The zero-order valence-electron chi connectivity index (χ0n) is 15.1. The highest BCUT2D eigenvalue weighted by atomic mass is 15.5. The normalized spacial score (nSPS) is 11.1. The van der Waals surface area contributed by atoms with Crippen LogP contribution >= 0.6 is 0 Å². The lowest BCUT2D eigenvalue weighted by Gasteiger charge is -2.06. The van der Waals surface area contributed by atoms with Crippen molar-refractivity contribution in [1.29, 1.82) is 5.26 Å². The average molecular weight is 381 g/mol. The Balaban J connectivity index is 1.64. The zero-order valence-corrected chi connectivity index (χ0v) is 15.1. The minimum Gasteiger partial charge on any atom is -0.368 e. The summed E-state index contributed by atoms with van der Waals surface area (Å²) < 4.78 is 0. The molecule has 3 N–H and O–H groups in total. The molecule has 0 spiro atoms. The van der Waals surface area contributed by atoms with E-state index in [1.54, 1.807) is 12.3 Å². The number of aromatic nitrogens is 6. The van der Waals surface area contributed by atoms with Crippen molar-refractivity contribution >= 4 is 29.2 Å². The first kappa shape index (κ1) is 17.8.